The average molecular weight is 450 g/mol. The Bertz CT molecular complexity index is 1450. The Morgan fingerprint density at radius 3 is 2.26 bits per heavy atom. The normalized spacial score (nSPS) is 15.9. The molecule has 1 aliphatic heterocycles. The van der Waals surface area contributed by atoms with E-state index < -0.39 is 0 Å². The van der Waals surface area contributed by atoms with Crippen LogP contribution in [0.25, 0.3) is 5.52 Å². The number of ketones is 2. The van der Waals surface area contributed by atoms with Gasteiger partial charge in [-0.3, -0.25) is 24.3 Å². The van der Waals surface area contributed by atoms with Crippen molar-refractivity contribution in [3.63, 3.8) is 0 Å². The Kier molecular flexibility index (Phi) is 4.85. The molecule has 0 N–H and O–H groups in total. The summed E-state index contributed by atoms with van der Waals surface area (Å²) in [5.41, 5.74) is 3.13. The van der Waals surface area contributed by atoms with Crippen molar-refractivity contribution in [3.8, 4) is 0 Å². The standard InChI is InChI=1S/C27H22N4O3/c32-25-19-8-1-2-9-20(19)26(33)24-23(25)22(21-10-4-6-12-31(21)24)27(34)30-15-13-29(14-16-30)17-18-7-3-5-11-28-18/h1-12H,13-17H2. The zero-order chi connectivity index (χ0) is 23.2. The van der Waals surface area contributed by atoms with Crippen molar-refractivity contribution in [2.45, 2.75) is 6.54 Å². The van der Waals surface area contributed by atoms with Crippen molar-refractivity contribution < 1.29 is 14.4 Å². The molecule has 7 heteroatoms. The number of hydrogen-bond acceptors (Lipinski definition) is 5. The highest BCUT2D eigenvalue weighted by atomic mass is 16.2. The second-order valence-electron chi connectivity index (χ2n) is 8.65. The Hall–Kier alpha value is -4.10. The van der Waals surface area contributed by atoms with E-state index in [2.05, 4.69) is 9.88 Å². The van der Waals surface area contributed by atoms with E-state index in [1.54, 1.807) is 58.1 Å². The molecule has 0 unspecified atom stereocenters. The highest BCUT2D eigenvalue weighted by molar-refractivity contribution is 6.32. The number of hydrogen-bond donors (Lipinski definition) is 0. The molecule has 0 radical (unpaired) electrons. The molecule has 0 atom stereocenters. The Balaban J connectivity index is 1.35. The van der Waals surface area contributed by atoms with E-state index in [9.17, 15) is 14.4 Å². The Morgan fingerprint density at radius 1 is 0.824 bits per heavy atom. The van der Waals surface area contributed by atoms with Crippen LogP contribution in [0.3, 0.4) is 0 Å². The molecule has 6 rings (SSSR count). The zero-order valence-corrected chi connectivity index (χ0v) is 18.5. The van der Waals surface area contributed by atoms with Crippen LogP contribution in [0.4, 0.5) is 0 Å². The first kappa shape index (κ1) is 20.5. The molecule has 1 aliphatic carbocycles. The summed E-state index contributed by atoms with van der Waals surface area (Å²) in [7, 11) is 0. The molecule has 1 saturated heterocycles. The smallest absolute Gasteiger partial charge is 0.256 e. The van der Waals surface area contributed by atoms with Crippen LogP contribution in [-0.2, 0) is 6.54 Å². The van der Waals surface area contributed by atoms with E-state index in [4.69, 9.17) is 0 Å². The summed E-state index contributed by atoms with van der Waals surface area (Å²) in [4.78, 5) is 49.2. The lowest BCUT2D eigenvalue weighted by atomic mass is 9.86. The average Bonchev–Trinajstić information content (AvgIpc) is 3.24. The van der Waals surface area contributed by atoms with Gasteiger partial charge in [0.1, 0.15) is 5.69 Å². The number of benzene rings is 1. The van der Waals surface area contributed by atoms with Crippen molar-refractivity contribution >= 4 is 23.0 Å². The fourth-order valence-electron chi connectivity index (χ4n) is 5.00. The van der Waals surface area contributed by atoms with Gasteiger partial charge in [0.2, 0.25) is 5.78 Å². The number of carbonyl (C=O) groups is 3. The minimum absolute atomic E-state index is 0.206. The van der Waals surface area contributed by atoms with Crippen molar-refractivity contribution in [1.29, 1.82) is 0 Å². The van der Waals surface area contributed by atoms with E-state index in [-0.39, 0.29) is 28.7 Å². The van der Waals surface area contributed by atoms with Crippen LogP contribution in [0.5, 0.6) is 0 Å². The number of pyridine rings is 2. The molecule has 34 heavy (non-hydrogen) atoms. The molecule has 1 amide bonds. The molecular weight excluding hydrogens is 428 g/mol. The maximum absolute atomic E-state index is 13.8. The number of fused-ring (bicyclic) bond motifs is 4. The fraction of sp³-hybridized carbons (Fsp3) is 0.185. The quantitative estimate of drug-likeness (QED) is 0.422. The fourth-order valence-corrected chi connectivity index (χ4v) is 5.00. The van der Waals surface area contributed by atoms with Crippen LogP contribution in [-0.4, -0.2) is 62.8 Å². The lowest BCUT2D eigenvalue weighted by Crippen LogP contribution is -2.48. The molecule has 0 spiro atoms. The van der Waals surface area contributed by atoms with Crippen molar-refractivity contribution in [3.05, 3.63) is 107 Å². The molecule has 2 aliphatic rings. The molecule has 4 aromatic rings. The first-order valence-corrected chi connectivity index (χ1v) is 11.4. The molecule has 1 fully saturated rings. The third-order valence-corrected chi connectivity index (χ3v) is 6.69. The van der Waals surface area contributed by atoms with Crippen LogP contribution in [0.15, 0.2) is 73.1 Å². The van der Waals surface area contributed by atoms with Crippen molar-refractivity contribution in [2.75, 3.05) is 26.2 Å². The SMILES string of the molecule is O=C1c2ccccc2C(=O)c2c1c(C(=O)N1CCN(Cc3ccccn3)CC1)c1ccccn21. The molecule has 3 aromatic heterocycles. The second-order valence-corrected chi connectivity index (χ2v) is 8.65. The molecular formula is C27H22N4O3. The van der Waals surface area contributed by atoms with Crippen molar-refractivity contribution in [1.82, 2.24) is 19.2 Å². The van der Waals surface area contributed by atoms with E-state index in [0.717, 1.165) is 12.2 Å². The molecule has 0 bridgehead atoms. The topological polar surface area (TPSA) is 75.0 Å². The Labute approximate surface area is 196 Å². The summed E-state index contributed by atoms with van der Waals surface area (Å²) in [6.45, 7) is 3.25. The number of amides is 1. The minimum Gasteiger partial charge on any atom is -0.336 e. The number of carbonyl (C=O) groups excluding carboxylic acids is 3. The van der Waals surface area contributed by atoms with Gasteiger partial charge in [0.25, 0.3) is 5.91 Å². The first-order chi connectivity index (χ1) is 16.6. The number of piperazine rings is 1. The van der Waals surface area contributed by atoms with E-state index >= 15 is 0 Å². The lowest BCUT2D eigenvalue weighted by molar-refractivity contribution is 0.0626. The van der Waals surface area contributed by atoms with Gasteiger partial charge in [-0.05, 0) is 24.3 Å². The predicted octanol–water partition coefficient (Wildman–Crippen LogP) is 3.07. The molecule has 4 heterocycles. The van der Waals surface area contributed by atoms with Crippen LogP contribution in [0.1, 0.15) is 48.0 Å². The van der Waals surface area contributed by atoms with Gasteiger partial charge in [-0.1, -0.05) is 36.4 Å². The minimum atomic E-state index is -0.272. The molecule has 1 aromatic carbocycles. The van der Waals surface area contributed by atoms with Crippen LogP contribution < -0.4 is 0 Å². The monoisotopic (exact) mass is 450 g/mol. The van der Waals surface area contributed by atoms with Crippen LogP contribution >= 0.6 is 0 Å². The number of nitrogens with zero attached hydrogens (tertiary/aromatic N) is 4. The highest BCUT2D eigenvalue weighted by Crippen LogP contribution is 2.34. The summed E-state index contributed by atoms with van der Waals surface area (Å²) in [6.07, 6.45) is 3.53. The largest absolute Gasteiger partial charge is 0.336 e. The summed E-state index contributed by atoms with van der Waals surface area (Å²) in [5, 5.41) is 0. The van der Waals surface area contributed by atoms with E-state index in [1.165, 1.54) is 0 Å². The zero-order valence-electron chi connectivity index (χ0n) is 18.5. The molecule has 7 nitrogen and oxygen atoms in total. The van der Waals surface area contributed by atoms with Gasteiger partial charge >= 0.3 is 0 Å². The molecule has 168 valence electrons. The summed E-state index contributed by atoms with van der Waals surface area (Å²) < 4.78 is 1.69. The maximum Gasteiger partial charge on any atom is 0.256 e. The third kappa shape index (κ3) is 3.16. The van der Waals surface area contributed by atoms with Crippen molar-refractivity contribution in [2.24, 2.45) is 0 Å². The highest BCUT2D eigenvalue weighted by Gasteiger charge is 2.39. The predicted molar refractivity (Wildman–Crippen MR) is 126 cm³/mol. The maximum atomic E-state index is 13.8. The third-order valence-electron chi connectivity index (χ3n) is 6.69. The number of rotatable bonds is 3. The summed E-state index contributed by atoms with van der Waals surface area (Å²) in [5.74, 6) is -0.709. The summed E-state index contributed by atoms with van der Waals surface area (Å²) in [6, 6.07) is 18.1. The van der Waals surface area contributed by atoms with Gasteiger partial charge < -0.3 is 9.30 Å². The number of aromatic nitrogens is 2. The van der Waals surface area contributed by atoms with Gasteiger partial charge in [0, 0.05) is 56.2 Å². The Morgan fingerprint density at radius 2 is 1.53 bits per heavy atom. The van der Waals surface area contributed by atoms with Crippen LogP contribution in [0.2, 0.25) is 0 Å². The summed E-state index contributed by atoms with van der Waals surface area (Å²) >= 11 is 0. The lowest BCUT2D eigenvalue weighted by Gasteiger charge is -2.34. The van der Waals surface area contributed by atoms with Gasteiger partial charge in [-0.15, -0.1) is 0 Å². The van der Waals surface area contributed by atoms with Crippen LogP contribution in [0, 0.1) is 0 Å². The van der Waals surface area contributed by atoms with Gasteiger partial charge in [-0.2, -0.15) is 0 Å². The van der Waals surface area contributed by atoms with Gasteiger partial charge in [0.15, 0.2) is 5.78 Å². The first-order valence-electron chi connectivity index (χ1n) is 11.4. The van der Waals surface area contributed by atoms with E-state index in [1.807, 2.05) is 24.3 Å². The van der Waals surface area contributed by atoms with Gasteiger partial charge in [0.05, 0.1) is 22.3 Å². The van der Waals surface area contributed by atoms with Gasteiger partial charge in [-0.25, -0.2) is 0 Å². The van der Waals surface area contributed by atoms with E-state index in [0.29, 0.717) is 48.4 Å². The molecule has 0 saturated carbocycles. The second kappa shape index (κ2) is 8.04.